The first-order chi connectivity index (χ1) is 17.2. The van der Waals surface area contributed by atoms with E-state index in [1.54, 1.807) is 18.0 Å². The van der Waals surface area contributed by atoms with Crippen molar-refractivity contribution in [2.75, 3.05) is 25.6 Å². The molecule has 35 heavy (non-hydrogen) atoms. The first-order valence-electron chi connectivity index (χ1n) is 11.5. The van der Waals surface area contributed by atoms with E-state index in [1.165, 1.54) is 0 Å². The maximum Gasteiger partial charge on any atom is 0.236 e. The molecule has 1 aliphatic rings. The van der Waals surface area contributed by atoms with E-state index >= 15 is 0 Å². The van der Waals surface area contributed by atoms with E-state index in [1.807, 2.05) is 42.5 Å². The van der Waals surface area contributed by atoms with Gasteiger partial charge in [0.05, 0.1) is 19.0 Å². The number of fused-ring (bicyclic) bond motifs is 1. The molecule has 1 saturated heterocycles. The van der Waals surface area contributed by atoms with Crippen LogP contribution in [0.3, 0.4) is 0 Å². The van der Waals surface area contributed by atoms with E-state index < -0.39 is 12.3 Å². The lowest BCUT2D eigenvalue weighted by Gasteiger charge is -2.19. The van der Waals surface area contributed by atoms with Crippen LogP contribution in [0.4, 0.5) is 5.82 Å². The monoisotopic (exact) mass is 470 g/mol. The van der Waals surface area contributed by atoms with Crippen LogP contribution in [0, 0.1) is 11.3 Å². The molecule has 0 radical (unpaired) electrons. The summed E-state index contributed by atoms with van der Waals surface area (Å²) in [7, 11) is 1.60. The van der Waals surface area contributed by atoms with Crippen molar-refractivity contribution in [1.29, 1.82) is 5.26 Å². The fourth-order valence-corrected chi connectivity index (χ4v) is 4.55. The molecule has 9 nitrogen and oxygen atoms in total. The number of aliphatic hydroxyl groups is 1. The summed E-state index contributed by atoms with van der Waals surface area (Å²) in [6, 6.07) is 22.5. The van der Waals surface area contributed by atoms with Crippen molar-refractivity contribution in [2.45, 2.75) is 30.8 Å². The fourth-order valence-electron chi connectivity index (χ4n) is 4.55. The van der Waals surface area contributed by atoms with Crippen molar-refractivity contribution in [3.8, 4) is 6.07 Å². The summed E-state index contributed by atoms with van der Waals surface area (Å²) < 4.78 is 12.8. The van der Waals surface area contributed by atoms with Crippen LogP contribution in [0.1, 0.15) is 35.5 Å². The molecule has 2 aromatic carbocycles. The Bertz CT molecular complexity index is 1280. The van der Waals surface area contributed by atoms with Crippen LogP contribution in [-0.4, -0.2) is 57.1 Å². The summed E-state index contributed by atoms with van der Waals surface area (Å²) in [5.41, 5.74) is 3.26. The Morgan fingerprint density at radius 3 is 2.46 bits per heavy atom. The molecule has 3 atom stereocenters. The van der Waals surface area contributed by atoms with Gasteiger partial charge in [-0.05, 0) is 11.1 Å². The number of hydrogen-bond acceptors (Lipinski definition) is 8. The Morgan fingerprint density at radius 2 is 1.83 bits per heavy atom. The van der Waals surface area contributed by atoms with Gasteiger partial charge in [-0.25, -0.2) is 4.98 Å². The Balaban J connectivity index is 1.47. The summed E-state index contributed by atoms with van der Waals surface area (Å²) in [4.78, 5) is 13.3. The minimum atomic E-state index is -0.745. The summed E-state index contributed by atoms with van der Waals surface area (Å²) in [5.74, 6) is 0.534. The van der Waals surface area contributed by atoms with Gasteiger partial charge in [0, 0.05) is 26.0 Å². The highest BCUT2D eigenvalue weighted by molar-refractivity contribution is 5.83. The molecule has 1 fully saturated rings. The number of aromatic nitrogens is 4. The van der Waals surface area contributed by atoms with Gasteiger partial charge in [0.25, 0.3) is 0 Å². The molecule has 0 amide bonds. The normalized spacial score (nSPS) is 19.8. The maximum atomic E-state index is 10.6. The van der Waals surface area contributed by atoms with E-state index in [9.17, 15) is 10.4 Å². The summed E-state index contributed by atoms with van der Waals surface area (Å²) in [5, 5.41) is 23.6. The van der Waals surface area contributed by atoms with Gasteiger partial charge in [-0.2, -0.15) is 15.2 Å². The maximum absolute atomic E-state index is 10.6. The number of rotatable bonds is 8. The second-order valence-electron chi connectivity index (χ2n) is 8.49. The number of imidazole rings is 1. The fraction of sp³-hybridized carbons (Fsp3) is 0.308. The molecule has 0 spiro atoms. The van der Waals surface area contributed by atoms with Gasteiger partial charge >= 0.3 is 0 Å². The molecule has 3 heterocycles. The van der Waals surface area contributed by atoms with Gasteiger partial charge in [0.1, 0.15) is 12.2 Å². The average molecular weight is 471 g/mol. The number of nitriles is 1. The number of nitrogens with one attached hydrogen (secondary N) is 1. The number of anilines is 1. The van der Waals surface area contributed by atoms with Crippen LogP contribution >= 0.6 is 0 Å². The van der Waals surface area contributed by atoms with Crippen LogP contribution in [0.5, 0.6) is 0 Å². The lowest BCUT2D eigenvalue weighted by Crippen LogP contribution is -2.20. The zero-order valence-electron chi connectivity index (χ0n) is 19.3. The SMILES string of the molecule is COCC1CC(O)C(n2cnc3c(NCC(c4ccccc4)c4ccccc4)nc(C#N)nc32)O1. The van der Waals surface area contributed by atoms with E-state index in [0.29, 0.717) is 36.6 Å². The molecule has 2 aromatic heterocycles. The Kier molecular flexibility index (Phi) is 6.68. The summed E-state index contributed by atoms with van der Waals surface area (Å²) in [6.07, 6.45) is 0.362. The van der Waals surface area contributed by atoms with Gasteiger partial charge in [-0.15, -0.1) is 0 Å². The molecule has 0 bridgehead atoms. The van der Waals surface area contributed by atoms with Crippen molar-refractivity contribution in [3.63, 3.8) is 0 Å². The summed E-state index contributed by atoms with van der Waals surface area (Å²) >= 11 is 0. The molecule has 178 valence electrons. The summed E-state index contributed by atoms with van der Waals surface area (Å²) in [6.45, 7) is 0.919. The molecule has 9 heteroatoms. The van der Waals surface area contributed by atoms with Gasteiger partial charge in [-0.1, -0.05) is 60.7 Å². The van der Waals surface area contributed by atoms with Crippen LogP contribution in [-0.2, 0) is 9.47 Å². The Hall–Kier alpha value is -3.84. The third kappa shape index (κ3) is 4.72. The van der Waals surface area contributed by atoms with E-state index in [0.717, 1.165) is 11.1 Å². The molecule has 0 aliphatic carbocycles. The molecule has 1 aliphatic heterocycles. The quantitative estimate of drug-likeness (QED) is 0.403. The van der Waals surface area contributed by atoms with Crippen LogP contribution in [0.25, 0.3) is 11.2 Å². The smallest absolute Gasteiger partial charge is 0.236 e. The minimum absolute atomic E-state index is 0.0126. The van der Waals surface area contributed by atoms with Crippen LogP contribution in [0.2, 0.25) is 0 Å². The Labute approximate surface area is 203 Å². The number of methoxy groups -OCH3 is 1. The standard InChI is InChI=1S/C26H26N6O3/c1-34-15-19-12-21(33)26(35-19)32-16-29-23-24(30-22(13-27)31-25(23)32)28-14-20(17-8-4-2-5-9-17)18-10-6-3-7-11-18/h2-11,16,19-21,26,33H,12,14-15H2,1H3,(H,28,30,31). The highest BCUT2D eigenvalue weighted by atomic mass is 16.6. The second-order valence-corrected chi connectivity index (χ2v) is 8.49. The molecule has 0 saturated carbocycles. The van der Waals surface area contributed by atoms with Crippen molar-refractivity contribution < 1.29 is 14.6 Å². The number of hydrogen-bond donors (Lipinski definition) is 2. The minimum Gasteiger partial charge on any atom is -0.388 e. The first kappa shape index (κ1) is 22.9. The van der Waals surface area contributed by atoms with Crippen molar-refractivity contribution in [2.24, 2.45) is 0 Å². The molecule has 4 aromatic rings. The van der Waals surface area contributed by atoms with Crippen molar-refractivity contribution in [3.05, 3.63) is 83.9 Å². The first-order valence-corrected chi connectivity index (χ1v) is 11.5. The van der Waals surface area contributed by atoms with Crippen molar-refractivity contribution >= 4 is 17.0 Å². The molecule has 5 rings (SSSR count). The second kappa shape index (κ2) is 10.2. The lowest BCUT2D eigenvalue weighted by atomic mass is 9.91. The largest absolute Gasteiger partial charge is 0.388 e. The van der Waals surface area contributed by atoms with E-state index in [2.05, 4.69) is 44.5 Å². The number of nitrogens with zero attached hydrogens (tertiary/aromatic N) is 5. The number of ether oxygens (including phenoxy) is 2. The Morgan fingerprint density at radius 1 is 1.14 bits per heavy atom. The average Bonchev–Trinajstić information content (AvgIpc) is 3.48. The molecular weight excluding hydrogens is 444 g/mol. The number of benzene rings is 2. The predicted octanol–water partition coefficient (Wildman–Crippen LogP) is 3.24. The van der Waals surface area contributed by atoms with Gasteiger partial charge < -0.3 is 19.9 Å². The lowest BCUT2D eigenvalue weighted by molar-refractivity contribution is -0.0541. The van der Waals surface area contributed by atoms with Gasteiger partial charge in [0.15, 0.2) is 23.2 Å². The molecule has 2 N–H and O–H groups in total. The van der Waals surface area contributed by atoms with Gasteiger partial charge in [0.2, 0.25) is 5.82 Å². The highest BCUT2D eigenvalue weighted by Gasteiger charge is 2.36. The third-order valence-corrected chi connectivity index (χ3v) is 6.19. The third-order valence-electron chi connectivity index (χ3n) is 6.19. The zero-order chi connectivity index (χ0) is 24.2. The zero-order valence-corrected chi connectivity index (χ0v) is 19.3. The topological polar surface area (TPSA) is 118 Å². The van der Waals surface area contributed by atoms with Crippen molar-refractivity contribution in [1.82, 2.24) is 19.5 Å². The van der Waals surface area contributed by atoms with Crippen LogP contribution < -0.4 is 5.32 Å². The molecule has 3 unspecified atom stereocenters. The van der Waals surface area contributed by atoms with Crippen LogP contribution in [0.15, 0.2) is 67.0 Å². The highest BCUT2D eigenvalue weighted by Crippen LogP contribution is 2.33. The predicted molar refractivity (Wildman–Crippen MR) is 130 cm³/mol. The number of aliphatic hydroxyl groups excluding tert-OH is 1. The molecular formula is C26H26N6O3. The van der Waals surface area contributed by atoms with E-state index in [-0.39, 0.29) is 17.8 Å². The van der Waals surface area contributed by atoms with E-state index in [4.69, 9.17) is 9.47 Å². The van der Waals surface area contributed by atoms with Gasteiger partial charge in [-0.3, -0.25) is 4.57 Å².